The highest BCUT2D eigenvalue weighted by Crippen LogP contribution is 2.16. The van der Waals surface area contributed by atoms with E-state index in [0.29, 0.717) is 12.3 Å². The molecule has 2 aromatic rings. The number of fused-ring (bicyclic) bond motifs is 1. The minimum absolute atomic E-state index is 0.293. The van der Waals surface area contributed by atoms with E-state index in [2.05, 4.69) is 35.6 Å². The Morgan fingerprint density at radius 1 is 1.19 bits per heavy atom. The Bertz CT molecular complexity index is 646. The summed E-state index contributed by atoms with van der Waals surface area (Å²) < 4.78 is 4.99. The second-order valence-corrected chi connectivity index (χ2v) is 4.81. The zero-order valence-corrected chi connectivity index (χ0v) is 12.6. The lowest BCUT2D eigenvalue weighted by Crippen LogP contribution is -2.18. The van der Waals surface area contributed by atoms with Crippen LogP contribution >= 0.6 is 0 Å². The van der Waals surface area contributed by atoms with E-state index < -0.39 is 0 Å². The van der Waals surface area contributed by atoms with Crippen molar-refractivity contribution in [3.63, 3.8) is 0 Å². The molecule has 0 aromatic heterocycles. The first-order valence-electron chi connectivity index (χ1n) is 7.27. The monoisotopic (exact) mass is 283 g/mol. The fraction of sp³-hybridized carbons (Fsp3) is 0.278. The number of nitrogens with one attached hydrogen (secondary N) is 1. The summed E-state index contributed by atoms with van der Waals surface area (Å²) in [6, 6.07) is 14.8. The molecule has 0 aliphatic rings. The van der Waals surface area contributed by atoms with Gasteiger partial charge in [0, 0.05) is 7.05 Å². The number of hydrogen-bond donors (Lipinski definition) is 1. The van der Waals surface area contributed by atoms with Crippen molar-refractivity contribution in [2.24, 2.45) is 0 Å². The topological polar surface area (TPSA) is 38.3 Å². The average molecular weight is 283 g/mol. The van der Waals surface area contributed by atoms with Crippen molar-refractivity contribution in [1.82, 2.24) is 5.32 Å². The molecule has 0 bridgehead atoms. The summed E-state index contributed by atoms with van der Waals surface area (Å²) >= 11 is 0. The number of esters is 1. The van der Waals surface area contributed by atoms with E-state index in [1.807, 2.05) is 18.2 Å². The highest BCUT2D eigenvalue weighted by atomic mass is 16.5. The van der Waals surface area contributed by atoms with Gasteiger partial charge in [0.25, 0.3) is 0 Å². The highest BCUT2D eigenvalue weighted by Gasteiger charge is 2.07. The van der Waals surface area contributed by atoms with E-state index in [0.717, 1.165) is 12.8 Å². The Hall–Kier alpha value is -2.29. The number of ether oxygens (including phenoxy) is 1. The Labute approximate surface area is 125 Å². The normalized spacial score (nSPS) is 11.4. The molecule has 0 unspecified atom stereocenters. The molecule has 0 spiro atoms. The van der Waals surface area contributed by atoms with Crippen molar-refractivity contribution in [2.75, 3.05) is 13.7 Å². The van der Waals surface area contributed by atoms with Gasteiger partial charge in [0.2, 0.25) is 0 Å². The smallest absolute Gasteiger partial charge is 0.354 e. The van der Waals surface area contributed by atoms with Crippen LogP contribution in [0, 0.1) is 0 Å². The molecule has 0 aliphatic heterocycles. The molecule has 21 heavy (non-hydrogen) atoms. The van der Waals surface area contributed by atoms with Crippen molar-refractivity contribution in [3.05, 3.63) is 59.8 Å². The lowest BCUT2D eigenvalue weighted by molar-refractivity contribution is -0.138. The van der Waals surface area contributed by atoms with Gasteiger partial charge in [0.05, 0.1) is 6.61 Å². The standard InChI is InChI=1S/C18H21NO2/c1-3-21-18(20)17(19-2)10-6-7-14-11-12-15-8-4-5-9-16(15)13-14/h4-5,8-13,19H,3,6-7H2,1-2H3/b17-10-. The molecule has 2 rings (SSSR count). The molecule has 1 N–H and O–H groups in total. The fourth-order valence-corrected chi connectivity index (χ4v) is 2.27. The Morgan fingerprint density at radius 3 is 2.67 bits per heavy atom. The van der Waals surface area contributed by atoms with Gasteiger partial charge in [-0.15, -0.1) is 0 Å². The molecule has 0 amide bonds. The molecule has 0 saturated heterocycles. The molecule has 0 radical (unpaired) electrons. The zero-order chi connectivity index (χ0) is 15.1. The predicted molar refractivity (Wildman–Crippen MR) is 86.0 cm³/mol. The largest absolute Gasteiger partial charge is 0.461 e. The Balaban J connectivity index is 2.02. The van der Waals surface area contributed by atoms with Crippen LogP contribution in [-0.2, 0) is 16.0 Å². The van der Waals surface area contributed by atoms with E-state index in [9.17, 15) is 4.79 Å². The third-order valence-electron chi connectivity index (χ3n) is 3.36. The van der Waals surface area contributed by atoms with Gasteiger partial charge < -0.3 is 10.1 Å². The van der Waals surface area contributed by atoms with Gasteiger partial charge in [-0.05, 0) is 36.1 Å². The number of hydrogen-bond acceptors (Lipinski definition) is 3. The molecule has 3 heteroatoms. The maximum Gasteiger partial charge on any atom is 0.354 e. The molecule has 3 nitrogen and oxygen atoms in total. The van der Waals surface area contributed by atoms with Gasteiger partial charge in [-0.3, -0.25) is 0 Å². The number of allylic oxidation sites excluding steroid dienone is 1. The lowest BCUT2D eigenvalue weighted by atomic mass is 10.0. The molecular formula is C18H21NO2. The van der Waals surface area contributed by atoms with E-state index in [1.165, 1.54) is 16.3 Å². The lowest BCUT2D eigenvalue weighted by Gasteiger charge is -2.06. The third-order valence-corrected chi connectivity index (χ3v) is 3.36. The number of rotatable bonds is 6. The summed E-state index contributed by atoms with van der Waals surface area (Å²) in [5.41, 5.74) is 1.79. The highest BCUT2D eigenvalue weighted by molar-refractivity contribution is 5.87. The molecule has 0 saturated carbocycles. The summed E-state index contributed by atoms with van der Waals surface area (Å²) in [5.74, 6) is -0.293. The third kappa shape index (κ3) is 4.09. The number of benzene rings is 2. The van der Waals surface area contributed by atoms with Crippen molar-refractivity contribution < 1.29 is 9.53 Å². The summed E-state index contributed by atoms with van der Waals surface area (Å²) in [6.45, 7) is 2.20. The van der Waals surface area contributed by atoms with Crippen molar-refractivity contribution in [2.45, 2.75) is 19.8 Å². The fourth-order valence-electron chi connectivity index (χ4n) is 2.27. The molecule has 0 heterocycles. The zero-order valence-electron chi connectivity index (χ0n) is 12.6. The molecular weight excluding hydrogens is 262 g/mol. The molecule has 0 aliphatic carbocycles. The number of aryl methyl sites for hydroxylation is 1. The number of likely N-dealkylation sites (N-methyl/N-ethyl adjacent to an activating group) is 1. The second kappa shape index (κ2) is 7.48. The minimum atomic E-state index is -0.293. The summed E-state index contributed by atoms with van der Waals surface area (Å²) in [5, 5.41) is 5.39. The first-order chi connectivity index (χ1) is 10.2. The second-order valence-electron chi connectivity index (χ2n) is 4.81. The van der Waals surface area contributed by atoms with E-state index in [-0.39, 0.29) is 5.97 Å². The Kier molecular flexibility index (Phi) is 5.38. The van der Waals surface area contributed by atoms with E-state index >= 15 is 0 Å². The molecule has 110 valence electrons. The average Bonchev–Trinajstić information content (AvgIpc) is 2.51. The number of carbonyl (C=O) groups excluding carboxylic acids is 1. The number of carbonyl (C=O) groups is 1. The minimum Gasteiger partial charge on any atom is -0.461 e. The van der Waals surface area contributed by atoms with Crippen LogP contribution in [0.15, 0.2) is 54.2 Å². The Morgan fingerprint density at radius 2 is 1.95 bits per heavy atom. The molecule has 2 aromatic carbocycles. The van der Waals surface area contributed by atoms with E-state index in [1.54, 1.807) is 14.0 Å². The van der Waals surface area contributed by atoms with Crippen molar-refractivity contribution in [1.29, 1.82) is 0 Å². The van der Waals surface area contributed by atoms with Crippen LogP contribution in [0.3, 0.4) is 0 Å². The van der Waals surface area contributed by atoms with Gasteiger partial charge in [0.15, 0.2) is 0 Å². The quantitative estimate of drug-likeness (QED) is 0.652. The van der Waals surface area contributed by atoms with Crippen LogP contribution in [0.1, 0.15) is 18.9 Å². The SMILES string of the molecule is CCOC(=O)/C(=C/CCc1ccc2ccccc2c1)NC. The summed E-state index contributed by atoms with van der Waals surface area (Å²) in [7, 11) is 1.73. The summed E-state index contributed by atoms with van der Waals surface area (Å²) in [4.78, 5) is 11.6. The maximum atomic E-state index is 11.6. The van der Waals surface area contributed by atoms with Crippen molar-refractivity contribution in [3.8, 4) is 0 Å². The van der Waals surface area contributed by atoms with Gasteiger partial charge >= 0.3 is 5.97 Å². The van der Waals surface area contributed by atoms with Crippen LogP contribution in [-0.4, -0.2) is 19.6 Å². The van der Waals surface area contributed by atoms with Crippen molar-refractivity contribution >= 4 is 16.7 Å². The van der Waals surface area contributed by atoms with Gasteiger partial charge in [-0.25, -0.2) is 4.79 Å². The van der Waals surface area contributed by atoms with Gasteiger partial charge in [-0.1, -0.05) is 48.5 Å². The van der Waals surface area contributed by atoms with Crippen LogP contribution in [0.2, 0.25) is 0 Å². The predicted octanol–water partition coefficient (Wildman–Crippen LogP) is 3.44. The summed E-state index contributed by atoms with van der Waals surface area (Å²) in [6.07, 6.45) is 3.59. The van der Waals surface area contributed by atoms with Crippen LogP contribution < -0.4 is 5.32 Å². The maximum absolute atomic E-state index is 11.6. The van der Waals surface area contributed by atoms with Gasteiger partial charge in [-0.2, -0.15) is 0 Å². The van der Waals surface area contributed by atoms with Crippen LogP contribution in [0.5, 0.6) is 0 Å². The van der Waals surface area contributed by atoms with Gasteiger partial charge in [0.1, 0.15) is 5.70 Å². The first-order valence-corrected chi connectivity index (χ1v) is 7.27. The van der Waals surface area contributed by atoms with Crippen LogP contribution in [0.25, 0.3) is 10.8 Å². The van der Waals surface area contributed by atoms with E-state index in [4.69, 9.17) is 4.74 Å². The molecule has 0 atom stereocenters. The molecule has 0 fully saturated rings. The first kappa shape index (κ1) is 15.1. The van der Waals surface area contributed by atoms with Crippen LogP contribution in [0.4, 0.5) is 0 Å².